The minimum Gasteiger partial charge on any atom is -0.388 e. The van der Waals surface area contributed by atoms with Gasteiger partial charge in [-0.05, 0) is 37.3 Å². The topological polar surface area (TPSA) is 55.0 Å². The van der Waals surface area contributed by atoms with Gasteiger partial charge in [-0.3, -0.25) is 0 Å². The molecule has 6 heteroatoms. The van der Waals surface area contributed by atoms with Crippen molar-refractivity contribution in [1.29, 1.82) is 0 Å². The number of hydrogen-bond acceptors (Lipinski definition) is 4. The lowest BCUT2D eigenvalue weighted by Crippen LogP contribution is -2.18. The molecule has 0 aliphatic heterocycles. The standard InChI is InChI=1S/C13H13FN4S/c1-8-7-11(12(15)19)17-13(16-8)18(2)10-5-3-9(14)4-6-10/h3-7H,1-2H3,(H2,15,19). The van der Waals surface area contributed by atoms with Gasteiger partial charge >= 0.3 is 0 Å². The lowest BCUT2D eigenvalue weighted by atomic mass is 10.3. The molecule has 98 valence electrons. The van der Waals surface area contributed by atoms with Gasteiger partial charge in [0.15, 0.2) is 0 Å². The summed E-state index contributed by atoms with van der Waals surface area (Å²) in [6, 6.07) is 7.81. The number of anilines is 2. The van der Waals surface area contributed by atoms with Crippen LogP contribution in [0.1, 0.15) is 11.4 Å². The van der Waals surface area contributed by atoms with E-state index in [4.69, 9.17) is 18.0 Å². The van der Waals surface area contributed by atoms with Crippen molar-refractivity contribution in [2.75, 3.05) is 11.9 Å². The van der Waals surface area contributed by atoms with Gasteiger partial charge in [0, 0.05) is 18.4 Å². The second-order valence-corrected chi connectivity index (χ2v) is 4.53. The second-order valence-electron chi connectivity index (χ2n) is 4.09. The van der Waals surface area contributed by atoms with Crippen LogP contribution in [0.25, 0.3) is 0 Å². The smallest absolute Gasteiger partial charge is 0.230 e. The molecule has 0 radical (unpaired) electrons. The van der Waals surface area contributed by atoms with E-state index in [2.05, 4.69) is 9.97 Å². The number of nitrogens with zero attached hydrogens (tertiary/aromatic N) is 3. The quantitative estimate of drug-likeness (QED) is 0.872. The number of aromatic nitrogens is 2. The fraction of sp³-hybridized carbons (Fsp3) is 0.154. The van der Waals surface area contributed by atoms with Crippen LogP contribution in [0.2, 0.25) is 0 Å². The van der Waals surface area contributed by atoms with Crippen molar-refractivity contribution in [1.82, 2.24) is 9.97 Å². The Balaban J connectivity index is 2.40. The van der Waals surface area contributed by atoms with Crippen molar-refractivity contribution >= 4 is 28.8 Å². The van der Waals surface area contributed by atoms with Crippen LogP contribution in [0, 0.1) is 12.7 Å². The molecule has 1 aromatic carbocycles. The highest BCUT2D eigenvalue weighted by Gasteiger charge is 2.10. The van der Waals surface area contributed by atoms with Crippen molar-refractivity contribution in [2.45, 2.75) is 6.92 Å². The van der Waals surface area contributed by atoms with Gasteiger partial charge < -0.3 is 10.6 Å². The van der Waals surface area contributed by atoms with Gasteiger partial charge in [0.05, 0.1) is 0 Å². The second kappa shape index (κ2) is 5.27. The van der Waals surface area contributed by atoms with E-state index in [-0.39, 0.29) is 10.8 Å². The summed E-state index contributed by atoms with van der Waals surface area (Å²) < 4.78 is 12.9. The molecule has 0 saturated heterocycles. The van der Waals surface area contributed by atoms with Gasteiger partial charge in [0.1, 0.15) is 16.5 Å². The van der Waals surface area contributed by atoms with Gasteiger partial charge in [-0.2, -0.15) is 0 Å². The zero-order valence-corrected chi connectivity index (χ0v) is 11.4. The molecular weight excluding hydrogens is 263 g/mol. The Bertz CT molecular complexity index is 613. The first-order valence-electron chi connectivity index (χ1n) is 5.62. The Morgan fingerprint density at radius 1 is 1.26 bits per heavy atom. The first kappa shape index (κ1) is 13.4. The van der Waals surface area contributed by atoms with E-state index in [1.807, 2.05) is 6.92 Å². The molecule has 0 fully saturated rings. The highest BCUT2D eigenvalue weighted by atomic mass is 32.1. The molecular formula is C13H13FN4S. The van der Waals surface area contributed by atoms with Crippen LogP contribution in [0.3, 0.4) is 0 Å². The summed E-state index contributed by atoms with van der Waals surface area (Å²) in [4.78, 5) is 10.6. The maximum atomic E-state index is 12.9. The molecule has 2 N–H and O–H groups in total. The van der Waals surface area contributed by atoms with E-state index in [9.17, 15) is 4.39 Å². The predicted molar refractivity (Wildman–Crippen MR) is 77.1 cm³/mol. The normalized spacial score (nSPS) is 10.3. The van der Waals surface area contributed by atoms with Crippen LogP contribution >= 0.6 is 12.2 Å². The lowest BCUT2D eigenvalue weighted by Gasteiger charge is -2.18. The van der Waals surface area contributed by atoms with Gasteiger partial charge in [-0.15, -0.1) is 0 Å². The van der Waals surface area contributed by atoms with Crippen molar-refractivity contribution in [2.24, 2.45) is 5.73 Å². The molecule has 0 atom stereocenters. The summed E-state index contributed by atoms with van der Waals surface area (Å²) >= 11 is 4.92. The SMILES string of the molecule is Cc1cc(C(N)=S)nc(N(C)c2ccc(F)cc2)n1. The molecule has 0 bridgehead atoms. The largest absolute Gasteiger partial charge is 0.388 e. The third-order valence-corrected chi connectivity index (χ3v) is 2.82. The molecule has 0 spiro atoms. The van der Waals surface area contributed by atoms with Crippen LogP contribution in [-0.4, -0.2) is 22.0 Å². The maximum Gasteiger partial charge on any atom is 0.230 e. The van der Waals surface area contributed by atoms with E-state index in [0.29, 0.717) is 11.6 Å². The van der Waals surface area contributed by atoms with E-state index in [1.165, 1.54) is 12.1 Å². The van der Waals surface area contributed by atoms with Crippen molar-refractivity contribution < 1.29 is 4.39 Å². The molecule has 0 unspecified atom stereocenters. The molecule has 1 aromatic heterocycles. The number of aryl methyl sites for hydroxylation is 1. The first-order valence-corrected chi connectivity index (χ1v) is 6.03. The molecule has 2 rings (SSSR count). The van der Waals surface area contributed by atoms with Gasteiger partial charge in [0.25, 0.3) is 0 Å². The van der Waals surface area contributed by atoms with Gasteiger partial charge in [-0.25, -0.2) is 14.4 Å². The molecule has 0 aliphatic rings. The van der Waals surface area contributed by atoms with E-state index in [1.54, 1.807) is 30.1 Å². The molecule has 0 amide bonds. The van der Waals surface area contributed by atoms with Crippen LogP contribution in [0.15, 0.2) is 30.3 Å². The summed E-state index contributed by atoms with van der Waals surface area (Å²) in [6.45, 7) is 1.84. The highest BCUT2D eigenvalue weighted by molar-refractivity contribution is 7.80. The summed E-state index contributed by atoms with van der Waals surface area (Å²) in [5.74, 6) is 0.181. The zero-order chi connectivity index (χ0) is 14.0. The maximum absolute atomic E-state index is 12.9. The fourth-order valence-electron chi connectivity index (χ4n) is 1.61. The van der Waals surface area contributed by atoms with Crippen LogP contribution < -0.4 is 10.6 Å². The number of thiocarbonyl (C=S) groups is 1. The average molecular weight is 276 g/mol. The van der Waals surface area contributed by atoms with Crippen LogP contribution in [0.5, 0.6) is 0 Å². The molecule has 4 nitrogen and oxygen atoms in total. The van der Waals surface area contributed by atoms with Crippen LogP contribution in [-0.2, 0) is 0 Å². The van der Waals surface area contributed by atoms with E-state index < -0.39 is 0 Å². The Kier molecular flexibility index (Phi) is 3.71. The number of halogens is 1. The Hall–Kier alpha value is -2.08. The van der Waals surface area contributed by atoms with E-state index >= 15 is 0 Å². The first-order chi connectivity index (χ1) is 8.97. The number of hydrogen-bond donors (Lipinski definition) is 1. The lowest BCUT2D eigenvalue weighted by molar-refractivity contribution is 0.628. The number of rotatable bonds is 3. The Morgan fingerprint density at radius 2 is 1.89 bits per heavy atom. The minimum atomic E-state index is -0.286. The highest BCUT2D eigenvalue weighted by Crippen LogP contribution is 2.20. The number of nitrogens with two attached hydrogens (primary N) is 1. The molecule has 0 aliphatic carbocycles. The summed E-state index contributed by atoms with van der Waals surface area (Å²) in [7, 11) is 1.80. The van der Waals surface area contributed by atoms with Crippen molar-refractivity contribution in [3.05, 3.63) is 47.5 Å². The summed E-state index contributed by atoms with van der Waals surface area (Å²) in [6.07, 6.45) is 0. The average Bonchev–Trinajstić information content (AvgIpc) is 2.38. The Morgan fingerprint density at radius 3 is 2.47 bits per heavy atom. The Labute approximate surface area is 116 Å². The summed E-state index contributed by atoms with van der Waals surface area (Å²) in [5, 5.41) is 0. The van der Waals surface area contributed by atoms with E-state index in [0.717, 1.165) is 11.4 Å². The third-order valence-electron chi connectivity index (χ3n) is 2.61. The number of benzene rings is 1. The molecule has 0 saturated carbocycles. The molecule has 1 heterocycles. The van der Waals surface area contributed by atoms with Gasteiger partial charge in [0.2, 0.25) is 5.95 Å². The van der Waals surface area contributed by atoms with Crippen molar-refractivity contribution in [3.8, 4) is 0 Å². The molecule has 19 heavy (non-hydrogen) atoms. The monoisotopic (exact) mass is 276 g/mol. The third kappa shape index (κ3) is 3.03. The summed E-state index contributed by atoms with van der Waals surface area (Å²) in [5.41, 5.74) is 7.65. The van der Waals surface area contributed by atoms with Crippen LogP contribution in [0.4, 0.5) is 16.0 Å². The van der Waals surface area contributed by atoms with Crippen molar-refractivity contribution in [3.63, 3.8) is 0 Å². The zero-order valence-electron chi connectivity index (χ0n) is 10.6. The fourth-order valence-corrected chi connectivity index (χ4v) is 1.71. The minimum absolute atomic E-state index is 0.222. The molecule has 2 aromatic rings. The predicted octanol–water partition coefficient (Wildman–Crippen LogP) is 2.33. The van der Waals surface area contributed by atoms with Gasteiger partial charge in [-0.1, -0.05) is 12.2 Å².